The van der Waals surface area contributed by atoms with Gasteiger partial charge in [0, 0.05) is 17.1 Å². The van der Waals surface area contributed by atoms with Crippen LogP contribution in [0.25, 0.3) is 10.2 Å². The molecule has 2 aromatic carbocycles. The van der Waals surface area contributed by atoms with E-state index in [1.807, 2.05) is 0 Å². The number of hydrogen-bond acceptors (Lipinski definition) is 5. The molecule has 0 fully saturated rings. The fourth-order valence-corrected chi connectivity index (χ4v) is 3.08. The lowest BCUT2D eigenvalue weighted by Crippen LogP contribution is -2.28. The second-order valence-corrected chi connectivity index (χ2v) is 6.51. The van der Waals surface area contributed by atoms with Crippen LogP contribution in [-0.4, -0.2) is 22.5 Å². The van der Waals surface area contributed by atoms with E-state index in [4.69, 9.17) is 17.3 Å². The highest BCUT2D eigenvalue weighted by molar-refractivity contribution is 7.22. The molecule has 0 bridgehead atoms. The van der Waals surface area contributed by atoms with Crippen molar-refractivity contribution in [1.29, 1.82) is 0 Å². The Kier molecular flexibility index (Phi) is 4.47. The SMILES string of the molecule is Nc1nc2ccc(C(=O)NCC(O)c3ccc(Cl)cc3)cc2s1. The maximum atomic E-state index is 12.2. The normalized spacial score (nSPS) is 12.3. The van der Waals surface area contributed by atoms with Gasteiger partial charge in [0.25, 0.3) is 5.91 Å². The minimum Gasteiger partial charge on any atom is -0.387 e. The Labute approximate surface area is 141 Å². The Balaban J connectivity index is 1.66. The minimum absolute atomic E-state index is 0.114. The Morgan fingerprint density at radius 2 is 2.04 bits per heavy atom. The molecule has 0 aliphatic rings. The number of nitrogens with zero attached hydrogens (tertiary/aromatic N) is 1. The topological polar surface area (TPSA) is 88.2 Å². The van der Waals surface area contributed by atoms with Crippen molar-refractivity contribution in [3.63, 3.8) is 0 Å². The summed E-state index contributed by atoms with van der Waals surface area (Å²) in [5.74, 6) is -0.258. The van der Waals surface area contributed by atoms with Crippen molar-refractivity contribution in [3.05, 3.63) is 58.6 Å². The maximum absolute atomic E-state index is 12.2. The van der Waals surface area contributed by atoms with E-state index in [1.54, 1.807) is 42.5 Å². The summed E-state index contributed by atoms with van der Waals surface area (Å²) in [6.45, 7) is 0.114. The number of anilines is 1. The predicted octanol–water partition coefficient (Wildman–Crippen LogP) is 3.00. The zero-order valence-electron chi connectivity index (χ0n) is 12.0. The van der Waals surface area contributed by atoms with Crippen molar-refractivity contribution in [1.82, 2.24) is 10.3 Å². The molecule has 118 valence electrons. The van der Waals surface area contributed by atoms with Crippen LogP contribution in [0.4, 0.5) is 5.13 Å². The molecule has 1 unspecified atom stereocenters. The minimum atomic E-state index is -0.793. The average molecular weight is 348 g/mol. The monoisotopic (exact) mass is 347 g/mol. The standard InChI is InChI=1S/C16H14ClN3O2S/c17-11-4-1-9(2-5-11)13(21)8-19-15(22)10-3-6-12-14(7-10)23-16(18)20-12/h1-7,13,21H,8H2,(H2,18,20)(H,19,22). The fraction of sp³-hybridized carbons (Fsp3) is 0.125. The largest absolute Gasteiger partial charge is 0.387 e. The van der Waals surface area contributed by atoms with E-state index in [9.17, 15) is 9.90 Å². The van der Waals surface area contributed by atoms with Gasteiger partial charge in [-0.05, 0) is 35.9 Å². The first-order chi connectivity index (χ1) is 11.0. The van der Waals surface area contributed by atoms with Gasteiger partial charge >= 0.3 is 0 Å². The highest BCUT2D eigenvalue weighted by Gasteiger charge is 2.12. The van der Waals surface area contributed by atoms with E-state index in [0.717, 1.165) is 10.2 Å². The molecule has 0 radical (unpaired) electrons. The van der Waals surface area contributed by atoms with Gasteiger partial charge in [-0.2, -0.15) is 0 Å². The molecule has 23 heavy (non-hydrogen) atoms. The summed E-state index contributed by atoms with van der Waals surface area (Å²) in [5.41, 5.74) is 7.62. The van der Waals surface area contributed by atoms with Gasteiger partial charge in [0.15, 0.2) is 5.13 Å². The van der Waals surface area contributed by atoms with Gasteiger partial charge in [0.1, 0.15) is 0 Å². The first kappa shape index (κ1) is 15.7. The van der Waals surface area contributed by atoms with Crippen LogP contribution in [0.5, 0.6) is 0 Å². The van der Waals surface area contributed by atoms with Crippen LogP contribution in [0.2, 0.25) is 5.02 Å². The predicted molar refractivity (Wildman–Crippen MR) is 92.8 cm³/mol. The first-order valence-electron chi connectivity index (χ1n) is 6.91. The molecule has 0 saturated carbocycles. The molecule has 3 rings (SSSR count). The average Bonchev–Trinajstić information content (AvgIpc) is 2.92. The molecule has 7 heteroatoms. The van der Waals surface area contributed by atoms with Crippen molar-refractivity contribution in [2.24, 2.45) is 0 Å². The molecular weight excluding hydrogens is 334 g/mol. The molecule has 1 atom stereocenters. The van der Waals surface area contributed by atoms with Gasteiger partial charge in [0.2, 0.25) is 0 Å². The van der Waals surface area contributed by atoms with E-state index in [1.165, 1.54) is 11.3 Å². The number of rotatable bonds is 4. The van der Waals surface area contributed by atoms with Gasteiger partial charge in [-0.25, -0.2) is 4.98 Å². The smallest absolute Gasteiger partial charge is 0.251 e. The highest BCUT2D eigenvalue weighted by atomic mass is 35.5. The molecule has 1 amide bonds. The van der Waals surface area contributed by atoms with Crippen LogP contribution in [-0.2, 0) is 0 Å². The number of thiazole rings is 1. The first-order valence-corrected chi connectivity index (χ1v) is 8.10. The molecule has 4 N–H and O–H groups in total. The van der Waals surface area contributed by atoms with E-state index >= 15 is 0 Å². The van der Waals surface area contributed by atoms with Crippen LogP contribution < -0.4 is 11.1 Å². The number of nitrogens with one attached hydrogen (secondary N) is 1. The van der Waals surface area contributed by atoms with Crippen molar-refractivity contribution < 1.29 is 9.90 Å². The Hall–Kier alpha value is -2.15. The lowest BCUT2D eigenvalue weighted by Gasteiger charge is -2.12. The molecule has 1 aromatic heterocycles. The van der Waals surface area contributed by atoms with Gasteiger partial charge in [-0.1, -0.05) is 35.1 Å². The lowest BCUT2D eigenvalue weighted by molar-refractivity contribution is 0.0916. The quantitative estimate of drug-likeness (QED) is 0.677. The van der Waals surface area contributed by atoms with E-state index in [2.05, 4.69) is 10.3 Å². The number of aromatic nitrogens is 1. The number of benzene rings is 2. The van der Waals surface area contributed by atoms with E-state index < -0.39 is 6.10 Å². The van der Waals surface area contributed by atoms with Crippen molar-refractivity contribution in [2.45, 2.75) is 6.10 Å². The molecule has 3 aromatic rings. The summed E-state index contributed by atoms with van der Waals surface area (Å²) >= 11 is 7.14. The van der Waals surface area contributed by atoms with Gasteiger partial charge in [-0.3, -0.25) is 4.79 Å². The third kappa shape index (κ3) is 3.61. The Bertz CT molecular complexity index is 848. The molecule has 1 heterocycles. The zero-order valence-corrected chi connectivity index (χ0v) is 13.6. The number of aliphatic hydroxyl groups excluding tert-OH is 1. The molecule has 0 saturated heterocycles. The summed E-state index contributed by atoms with van der Waals surface area (Å²) in [5, 5.41) is 13.9. The summed E-state index contributed by atoms with van der Waals surface area (Å²) < 4.78 is 0.855. The summed E-state index contributed by atoms with van der Waals surface area (Å²) in [4.78, 5) is 16.3. The van der Waals surface area contributed by atoms with Crippen LogP contribution in [0.1, 0.15) is 22.0 Å². The fourth-order valence-electron chi connectivity index (χ4n) is 2.18. The second kappa shape index (κ2) is 6.54. The molecule has 0 aliphatic heterocycles. The highest BCUT2D eigenvalue weighted by Crippen LogP contribution is 2.24. The summed E-state index contributed by atoms with van der Waals surface area (Å²) in [6.07, 6.45) is -0.793. The summed E-state index contributed by atoms with van der Waals surface area (Å²) in [6, 6.07) is 12.0. The summed E-state index contributed by atoms with van der Waals surface area (Å²) in [7, 11) is 0. The van der Waals surface area contributed by atoms with Crippen LogP contribution >= 0.6 is 22.9 Å². The number of halogens is 1. The number of carbonyl (C=O) groups excluding carboxylic acids is 1. The number of amides is 1. The molecule has 5 nitrogen and oxygen atoms in total. The van der Waals surface area contributed by atoms with Gasteiger partial charge in [0.05, 0.1) is 16.3 Å². The van der Waals surface area contributed by atoms with Gasteiger partial charge in [-0.15, -0.1) is 0 Å². The zero-order chi connectivity index (χ0) is 16.4. The van der Waals surface area contributed by atoms with E-state index in [-0.39, 0.29) is 12.5 Å². The molecule has 0 aliphatic carbocycles. The number of carbonyl (C=O) groups is 1. The van der Waals surface area contributed by atoms with Gasteiger partial charge < -0.3 is 16.2 Å². The number of nitrogen functional groups attached to an aromatic ring is 1. The number of nitrogens with two attached hydrogens (primary N) is 1. The second-order valence-electron chi connectivity index (χ2n) is 5.01. The Morgan fingerprint density at radius 3 is 2.78 bits per heavy atom. The third-order valence-corrected chi connectivity index (χ3v) is 4.48. The lowest BCUT2D eigenvalue weighted by atomic mass is 10.1. The number of fused-ring (bicyclic) bond motifs is 1. The van der Waals surface area contributed by atoms with Crippen LogP contribution in [0.15, 0.2) is 42.5 Å². The third-order valence-electron chi connectivity index (χ3n) is 3.38. The van der Waals surface area contributed by atoms with Crippen molar-refractivity contribution in [3.8, 4) is 0 Å². The molecule has 0 spiro atoms. The Morgan fingerprint density at radius 1 is 1.30 bits per heavy atom. The van der Waals surface area contributed by atoms with Crippen LogP contribution in [0, 0.1) is 0 Å². The number of hydrogen-bond donors (Lipinski definition) is 3. The van der Waals surface area contributed by atoms with Crippen molar-refractivity contribution >= 4 is 44.2 Å². The van der Waals surface area contributed by atoms with E-state index in [0.29, 0.717) is 21.3 Å². The van der Waals surface area contributed by atoms with Crippen molar-refractivity contribution in [2.75, 3.05) is 12.3 Å². The maximum Gasteiger partial charge on any atom is 0.251 e. The molecular formula is C16H14ClN3O2S. The van der Waals surface area contributed by atoms with Crippen LogP contribution in [0.3, 0.4) is 0 Å². The number of aliphatic hydroxyl groups is 1.